The van der Waals surface area contributed by atoms with Gasteiger partial charge in [0.2, 0.25) is 0 Å². The van der Waals surface area contributed by atoms with E-state index in [2.05, 4.69) is 20.8 Å². The van der Waals surface area contributed by atoms with Gasteiger partial charge in [0, 0.05) is 13.5 Å². The second-order valence-corrected chi connectivity index (χ2v) is 16.2. The predicted molar refractivity (Wildman–Crippen MR) is 161 cm³/mol. The van der Waals surface area contributed by atoms with Crippen LogP contribution in [0.2, 0.25) is 0 Å². The third kappa shape index (κ3) is 6.40. The number of esters is 2. The molecule has 0 aromatic heterocycles. The number of fused-ring (bicyclic) bond motifs is 5. The van der Waals surface area contributed by atoms with E-state index in [0.29, 0.717) is 48.5 Å². The van der Waals surface area contributed by atoms with Crippen molar-refractivity contribution in [1.82, 2.24) is 0 Å². The van der Waals surface area contributed by atoms with E-state index in [-0.39, 0.29) is 35.0 Å². The van der Waals surface area contributed by atoms with Gasteiger partial charge in [0.25, 0.3) is 0 Å². The number of carbonyl (C=O) groups is 2. The van der Waals surface area contributed by atoms with Crippen molar-refractivity contribution in [1.29, 1.82) is 0 Å². The third-order valence-electron chi connectivity index (χ3n) is 12.8. The van der Waals surface area contributed by atoms with Crippen molar-refractivity contribution in [3.05, 3.63) is 0 Å². The van der Waals surface area contributed by atoms with Crippen LogP contribution in [-0.4, -0.2) is 48.6 Å². The van der Waals surface area contributed by atoms with Crippen LogP contribution < -0.4 is 0 Å². The third-order valence-corrected chi connectivity index (χ3v) is 12.8. The molecule has 41 heavy (non-hydrogen) atoms. The van der Waals surface area contributed by atoms with Crippen molar-refractivity contribution in [3.8, 4) is 0 Å². The zero-order valence-electron chi connectivity index (χ0n) is 27.6. The minimum Gasteiger partial charge on any atom is -0.462 e. The van der Waals surface area contributed by atoms with E-state index in [1.54, 1.807) is 7.11 Å². The van der Waals surface area contributed by atoms with Crippen molar-refractivity contribution in [2.45, 2.75) is 144 Å². The lowest BCUT2D eigenvalue weighted by atomic mass is 9.43. The first-order valence-electron chi connectivity index (χ1n) is 16.7. The van der Waals surface area contributed by atoms with Gasteiger partial charge in [-0.15, -0.1) is 0 Å². The summed E-state index contributed by atoms with van der Waals surface area (Å²) in [7, 11) is 1.63. The van der Waals surface area contributed by atoms with Crippen LogP contribution >= 0.6 is 0 Å². The summed E-state index contributed by atoms with van der Waals surface area (Å²) in [5.41, 5.74) is -0.627. The van der Waals surface area contributed by atoms with E-state index < -0.39 is 11.0 Å². The minimum atomic E-state index is -0.601. The highest BCUT2D eigenvalue weighted by molar-refractivity contribution is 5.76. The summed E-state index contributed by atoms with van der Waals surface area (Å²) in [6.07, 6.45) is 10.3. The van der Waals surface area contributed by atoms with E-state index in [1.165, 1.54) is 25.7 Å². The number of ether oxygens (including phenoxy) is 3. The molecule has 0 bridgehead atoms. The Morgan fingerprint density at radius 2 is 1.63 bits per heavy atom. The van der Waals surface area contributed by atoms with Crippen molar-refractivity contribution < 1.29 is 28.9 Å². The van der Waals surface area contributed by atoms with E-state index in [9.17, 15) is 14.7 Å². The molecule has 0 amide bonds. The summed E-state index contributed by atoms with van der Waals surface area (Å²) >= 11 is 0. The fourth-order valence-corrected chi connectivity index (χ4v) is 10.0. The number of hydrogen-bond acceptors (Lipinski definition) is 6. The first-order valence-corrected chi connectivity index (χ1v) is 16.7. The van der Waals surface area contributed by atoms with Crippen LogP contribution in [0.5, 0.6) is 0 Å². The van der Waals surface area contributed by atoms with Crippen molar-refractivity contribution in [2.75, 3.05) is 13.7 Å². The molecule has 4 saturated carbocycles. The molecule has 4 aliphatic carbocycles. The summed E-state index contributed by atoms with van der Waals surface area (Å²) in [5.74, 6) is 2.64. The normalized spacial score (nSPS) is 39.7. The molecule has 0 radical (unpaired) electrons. The average molecular weight is 577 g/mol. The number of methoxy groups -OCH3 is 1. The first kappa shape index (κ1) is 32.8. The number of aliphatic hydroxyl groups excluding tert-OH is 1. The van der Waals surface area contributed by atoms with Gasteiger partial charge in [-0.1, -0.05) is 27.7 Å². The fraction of sp³-hybridized carbons (Fsp3) is 0.943. The molecule has 236 valence electrons. The SMILES string of the molecule is CCC(C)(C)C(=O)OC1CC[C@@]2(C)C(C1)CC(O)C1C3CCC(C(C)CCC(=O)OC(C)(C)COC)[C@@]3(C)CCC12. The van der Waals surface area contributed by atoms with Crippen LogP contribution in [0.15, 0.2) is 0 Å². The molecule has 0 heterocycles. The lowest BCUT2D eigenvalue weighted by Gasteiger charge is -2.62. The van der Waals surface area contributed by atoms with E-state index in [0.717, 1.165) is 38.5 Å². The Bertz CT molecular complexity index is 943. The molecule has 0 aliphatic heterocycles. The van der Waals surface area contributed by atoms with Crippen molar-refractivity contribution in [3.63, 3.8) is 0 Å². The maximum absolute atomic E-state index is 12.8. The zero-order valence-corrected chi connectivity index (χ0v) is 27.6. The van der Waals surface area contributed by atoms with Crippen molar-refractivity contribution >= 4 is 11.9 Å². The van der Waals surface area contributed by atoms with Crippen LogP contribution in [0.25, 0.3) is 0 Å². The van der Waals surface area contributed by atoms with E-state index >= 15 is 0 Å². The molecule has 4 fully saturated rings. The maximum atomic E-state index is 12.8. The van der Waals surface area contributed by atoms with Gasteiger partial charge in [-0.2, -0.15) is 0 Å². The summed E-state index contributed by atoms with van der Waals surface area (Å²) in [5, 5.41) is 11.7. The van der Waals surface area contributed by atoms with E-state index in [1.807, 2.05) is 34.6 Å². The highest BCUT2D eigenvalue weighted by Crippen LogP contribution is 2.68. The number of aliphatic hydroxyl groups is 1. The Morgan fingerprint density at radius 3 is 2.29 bits per heavy atom. The Labute approximate surface area is 250 Å². The number of carbonyl (C=O) groups excluding carboxylic acids is 2. The van der Waals surface area contributed by atoms with Crippen LogP contribution in [0.1, 0.15) is 126 Å². The average Bonchev–Trinajstić information content (AvgIpc) is 3.25. The van der Waals surface area contributed by atoms with Crippen molar-refractivity contribution in [2.24, 2.45) is 51.8 Å². The molecule has 1 N–H and O–H groups in total. The quantitative estimate of drug-likeness (QED) is 0.274. The summed E-state index contributed by atoms with van der Waals surface area (Å²) in [4.78, 5) is 25.4. The lowest BCUT2D eigenvalue weighted by Crippen LogP contribution is -2.59. The Kier molecular flexibility index (Phi) is 9.67. The van der Waals surface area contributed by atoms with Gasteiger partial charge in [0.05, 0.1) is 18.1 Å². The van der Waals surface area contributed by atoms with Crippen LogP contribution in [0, 0.1) is 51.8 Å². The summed E-state index contributed by atoms with van der Waals surface area (Å²) < 4.78 is 17.0. The van der Waals surface area contributed by atoms with Gasteiger partial charge < -0.3 is 19.3 Å². The van der Waals surface area contributed by atoms with Crippen LogP contribution in [0.4, 0.5) is 0 Å². The van der Waals surface area contributed by atoms with Gasteiger partial charge in [-0.25, -0.2) is 0 Å². The molecule has 0 aromatic carbocycles. The molecule has 4 rings (SSSR count). The highest BCUT2D eigenvalue weighted by atomic mass is 16.6. The van der Waals surface area contributed by atoms with Crippen LogP contribution in [0.3, 0.4) is 0 Å². The summed E-state index contributed by atoms with van der Waals surface area (Å²) in [6.45, 7) is 17.5. The first-order chi connectivity index (χ1) is 19.1. The van der Waals surface area contributed by atoms with Crippen LogP contribution in [-0.2, 0) is 23.8 Å². The standard InChI is InChI=1S/C35H60O6/c1-10-32(3,4)31(38)40-24-15-17-34(7)23(19-24)20-28(36)30-26-13-12-25(35(26,8)18-16-27(30)34)22(2)11-14-29(37)41-33(5,6)21-39-9/h22-28,30,36H,10-21H2,1-9H3/t22?,23?,24?,25?,26?,27?,28?,30?,34-,35+/m0/s1. The number of hydrogen-bond donors (Lipinski definition) is 1. The highest BCUT2D eigenvalue weighted by Gasteiger charge is 2.63. The van der Waals surface area contributed by atoms with Gasteiger partial charge >= 0.3 is 11.9 Å². The molecule has 10 atom stereocenters. The maximum Gasteiger partial charge on any atom is 0.311 e. The molecule has 6 nitrogen and oxygen atoms in total. The van der Waals surface area contributed by atoms with E-state index in [4.69, 9.17) is 14.2 Å². The molecule has 0 aromatic rings. The Morgan fingerprint density at radius 1 is 0.976 bits per heavy atom. The zero-order chi connectivity index (χ0) is 30.4. The molecule has 6 heteroatoms. The van der Waals surface area contributed by atoms with Gasteiger partial charge in [-0.05, 0) is 138 Å². The fourth-order valence-electron chi connectivity index (χ4n) is 10.0. The molecule has 0 saturated heterocycles. The second kappa shape index (κ2) is 12.1. The lowest BCUT2D eigenvalue weighted by molar-refractivity contribution is -0.186. The van der Waals surface area contributed by atoms with Gasteiger partial charge in [0.15, 0.2) is 0 Å². The summed E-state index contributed by atoms with van der Waals surface area (Å²) in [6, 6.07) is 0. The molecule has 0 spiro atoms. The molecular formula is C35H60O6. The molecule has 8 unspecified atom stereocenters. The topological polar surface area (TPSA) is 82.1 Å². The smallest absolute Gasteiger partial charge is 0.311 e. The number of rotatable bonds is 10. The Balaban J connectivity index is 1.40. The predicted octanol–water partition coefficient (Wildman–Crippen LogP) is 7.35. The Hall–Kier alpha value is -1.14. The second-order valence-electron chi connectivity index (χ2n) is 16.2. The molecular weight excluding hydrogens is 516 g/mol. The monoisotopic (exact) mass is 576 g/mol. The van der Waals surface area contributed by atoms with Gasteiger partial charge in [0.1, 0.15) is 11.7 Å². The largest absolute Gasteiger partial charge is 0.462 e. The van der Waals surface area contributed by atoms with Gasteiger partial charge in [-0.3, -0.25) is 9.59 Å². The molecule has 4 aliphatic rings. The minimum absolute atomic E-state index is 0.0209.